The summed E-state index contributed by atoms with van der Waals surface area (Å²) in [4.78, 5) is 23.2. The van der Waals surface area contributed by atoms with E-state index in [9.17, 15) is 24.9 Å². The summed E-state index contributed by atoms with van der Waals surface area (Å²) < 4.78 is 0. The fourth-order valence-electron chi connectivity index (χ4n) is 1.77. The van der Waals surface area contributed by atoms with Crippen LogP contribution in [0, 0.1) is 0 Å². The van der Waals surface area contributed by atoms with Crippen molar-refractivity contribution in [3.05, 3.63) is 17.2 Å². The Hall–Kier alpha value is -1.75. The average Bonchev–Trinajstić information content (AvgIpc) is 2.27. The van der Waals surface area contributed by atoms with E-state index in [0.29, 0.717) is 18.7 Å². The van der Waals surface area contributed by atoms with Crippen molar-refractivity contribution in [3.63, 3.8) is 0 Å². The average molecular weight is 287 g/mol. The lowest BCUT2D eigenvalue weighted by Crippen LogP contribution is -2.04. The number of hydrogen-bond acceptors (Lipinski definition) is 5. The molecule has 0 saturated carbocycles. The Labute approximate surface area is 115 Å². The highest BCUT2D eigenvalue weighted by Gasteiger charge is 2.24. The highest BCUT2D eigenvalue weighted by atomic mass is 35.5. The number of carbonyl (C=O) groups excluding carboxylic acids is 2. The third-order valence-corrected chi connectivity index (χ3v) is 2.94. The zero-order valence-electron chi connectivity index (χ0n) is 10.4. The minimum atomic E-state index is -0.680. The van der Waals surface area contributed by atoms with Crippen LogP contribution in [0.25, 0.3) is 0 Å². The van der Waals surface area contributed by atoms with Gasteiger partial charge < -0.3 is 15.3 Å². The van der Waals surface area contributed by atoms with Crippen molar-refractivity contribution in [1.29, 1.82) is 0 Å². The zero-order valence-corrected chi connectivity index (χ0v) is 11.2. The smallest absolute Gasteiger partial charge is 0.170 e. The monoisotopic (exact) mass is 286 g/mol. The summed E-state index contributed by atoms with van der Waals surface area (Å²) in [6.07, 6.45) is 1.24. The molecule has 3 N–H and O–H groups in total. The van der Waals surface area contributed by atoms with Gasteiger partial charge >= 0.3 is 0 Å². The van der Waals surface area contributed by atoms with Gasteiger partial charge in [-0.05, 0) is 19.8 Å². The molecule has 0 aliphatic heterocycles. The number of benzene rings is 1. The number of Topliss-reactive ketones (excluding diaryl/α,β-unsaturated/α-hetero) is 2. The molecule has 0 spiro atoms. The Morgan fingerprint density at radius 2 is 1.68 bits per heavy atom. The van der Waals surface area contributed by atoms with Crippen LogP contribution in [0.15, 0.2) is 6.07 Å². The maximum atomic E-state index is 11.9. The quantitative estimate of drug-likeness (QED) is 0.424. The van der Waals surface area contributed by atoms with Crippen molar-refractivity contribution < 1.29 is 24.9 Å². The van der Waals surface area contributed by atoms with E-state index in [-0.39, 0.29) is 17.5 Å². The van der Waals surface area contributed by atoms with Crippen LogP contribution in [0.2, 0.25) is 0 Å². The van der Waals surface area contributed by atoms with Crippen molar-refractivity contribution >= 4 is 23.2 Å². The van der Waals surface area contributed by atoms with Gasteiger partial charge in [-0.2, -0.15) is 0 Å². The summed E-state index contributed by atoms with van der Waals surface area (Å²) in [6.45, 7) is 1.15. The van der Waals surface area contributed by atoms with Crippen molar-refractivity contribution in [1.82, 2.24) is 0 Å². The van der Waals surface area contributed by atoms with E-state index in [0.717, 1.165) is 13.0 Å². The number of hydrogen-bond donors (Lipinski definition) is 3. The molecule has 0 saturated heterocycles. The first kappa shape index (κ1) is 15.3. The second-order valence-corrected chi connectivity index (χ2v) is 4.52. The molecular formula is C13H15ClO5. The molecule has 19 heavy (non-hydrogen) atoms. The SMILES string of the molecule is CC(=O)c1c(O)cc(O)c(C(=O)CCCCCl)c1O. The summed E-state index contributed by atoms with van der Waals surface area (Å²) in [5, 5.41) is 29.0. The third-order valence-electron chi connectivity index (χ3n) is 2.68. The molecule has 0 heterocycles. The number of halogens is 1. The number of carbonyl (C=O) groups is 2. The molecule has 5 nitrogen and oxygen atoms in total. The molecule has 0 aromatic heterocycles. The molecule has 0 radical (unpaired) electrons. The van der Waals surface area contributed by atoms with Crippen molar-refractivity contribution in [2.75, 3.05) is 5.88 Å². The Kier molecular flexibility index (Phi) is 5.18. The Balaban J connectivity index is 3.17. The van der Waals surface area contributed by atoms with Gasteiger partial charge in [0.1, 0.15) is 28.4 Å². The van der Waals surface area contributed by atoms with E-state index in [1.54, 1.807) is 0 Å². The lowest BCUT2D eigenvalue weighted by Gasteiger charge is -2.11. The van der Waals surface area contributed by atoms with Gasteiger partial charge in [0, 0.05) is 18.4 Å². The van der Waals surface area contributed by atoms with Gasteiger partial charge in [0.05, 0.1) is 0 Å². The number of aromatic hydroxyl groups is 3. The highest BCUT2D eigenvalue weighted by Crippen LogP contribution is 2.38. The largest absolute Gasteiger partial charge is 0.507 e. The number of phenolic OH excluding ortho intramolecular Hbond substituents is 3. The topological polar surface area (TPSA) is 94.8 Å². The number of ketones is 2. The normalized spacial score (nSPS) is 10.4. The molecule has 0 aliphatic rings. The predicted molar refractivity (Wildman–Crippen MR) is 70.3 cm³/mol. The molecule has 0 amide bonds. The van der Waals surface area contributed by atoms with Gasteiger partial charge in [-0.3, -0.25) is 9.59 Å². The second kappa shape index (κ2) is 6.43. The van der Waals surface area contributed by atoms with E-state index in [1.165, 1.54) is 0 Å². The molecule has 104 valence electrons. The van der Waals surface area contributed by atoms with Crippen LogP contribution >= 0.6 is 11.6 Å². The van der Waals surface area contributed by atoms with Crippen LogP contribution < -0.4 is 0 Å². The molecule has 1 rings (SSSR count). The van der Waals surface area contributed by atoms with E-state index in [1.807, 2.05) is 0 Å². The maximum Gasteiger partial charge on any atom is 0.170 e. The van der Waals surface area contributed by atoms with Gasteiger partial charge in [-0.15, -0.1) is 11.6 Å². The first-order valence-corrected chi connectivity index (χ1v) is 6.31. The fraction of sp³-hybridized carbons (Fsp3) is 0.385. The molecule has 0 aliphatic carbocycles. The van der Waals surface area contributed by atoms with Crippen molar-refractivity contribution in [2.24, 2.45) is 0 Å². The first-order valence-electron chi connectivity index (χ1n) is 5.78. The summed E-state index contributed by atoms with van der Waals surface area (Å²) in [7, 11) is 0. The van der Waals surface area contributed by atoms with Crippen LogP contribution in [0.4, 0.5) is 0 Å². The minimum Gasteiger partial charge on any atom is -0.507 e. The van der Waals surface area contributed by atoms with Crippen molar-refractivity contribution in [2.45, 2.75) is 26.2 Å². The highest BCUT2D eigenvalue weighted by molar-refractivity contribution is 6.17. The number of alkyl halides is 1. The second-order valence-electron chi connectivity index (χ2n) is 4.14. The predicted octanol–water partition coefficient (Wildman–Crippen LogP) is 2.60. The molecule has 1 aromatic carbocycles. The van der Waals surface area contributed by atoms with Gasteiger partial charge in [-0.25, -0.2) is 0 Å². The molecular weight excluding hydrogens is 272 g/mol. The summed E-state index contributed by atoms with van der Waals surface area (Å²) in [6, 6.07) is 0.880. The minimum absolute atomic E-state index is 0.0932. The third kappa shape index (κ3) is 3.38. The Morgan fingerprint density at radius 3 is 2.21 bits per heavy atom. The number of phenols is 3. The van der Waals surface area contributed by atoms with Crippen LogP contribution in [0.5, 0.6) is 17.2 Å². The van der Waals surface area contributed by atoms with E-state index in [4.69, 9.17) is 11.6 Å². The Morgan fingerprint density at radius 1 is 1.11 bits per heavy atom. The molecule has 1 aromatic rings. The van der Waals surface area contributed by atoms with Gasteiger partial charge in [-0.1, -0.05) is 0 Å². The van der Waals surface area contributed by atoms with Gasteiger partial charge in [0.15, 0.2) is 11.6 Å². The van der Waals surface area contributed by atoms with E-state index in [2.05, 4.69) is 0 Å². The zero-order chi connectivity index (χ0) is 14.6. The fourth-order valence-corrected chi connectivity index (χ4v) is 1.96. The van der Waals surface area contributed by atoms with Crippen LogP contribution in [0.3, 0.4) is 0 Å². The number of rotatable bonds is 6. The first-order chi connectivity index (χ1) is 8.90. The molecule has 0 unspecified atom stereocenters. The summed E-state index contributed by atoms with van der Waals surface area (Å²) in [5.41, 5.74) is -0.698. The molecule has 0 fully saturated rings. The van der Waals surface area contributed by atoms with Gasteiger partial charge in [0.2, 0.25) is 0 Å². The lowest BCUT2D eigenvalue weighted by molar-refractivity contribution is 0.0974. The molecule has 0 atom stereocenters. The maximum absolute atomic E-state index is 11.9. The summed E-state index contributed by atoms with van der Waals surface area (Å²) in [5.74, 6) is -2.46. The van der Waals surface area contributed by atoms with Crippen LogP contribution in [-0.2, 0) is 0 Å². The summed E-state index contributed by atoms with van der Waals surface area (Å²) >= 11 is 5.49. The van der Waals surface area contributed by atoms with E-state index < -0.39 is 28.8 Å². The molecule has 0 bridgehead atoms. The lowest BCUT2D eigenvalue weighted by atomic mass is 9.98. The van der Waals surface area contributed by atoms with Gasteiger partial charge in [0.25, 0.3) is 0 Å². The Bertz CT molecular complexity index is 510. The number of unbranched alkanes of at least 4 members (excludes halogenated alkanes) is 1. The molecule has 6 heteroatoms. The standard InChI is InChI=1S/C13H15ClO5/c1-7(15)11-9(17)6-10(18)12(13(11)19)8(16)4-2-3-5-14/h6,17-19H,2-5H2,1H3. The van der Waals surface area contributed by atoms with Crippen LogP contribution in [0.1, 0.15) is 46.9 Å². The van der Waals surface area contributed by atoms with Crippen molar-refractivity contribution in [3.8, 4) is 17.2 Å². The van der Waals surface area contributed by atoms with E-state index >= 15 is 0 Å². The van der Waals surface area contributed by atoms with Crippen LogP contribution in [-0.4, -0.2) is 32.8 Å².